The summed E-state index contributed by atoms with van der Waals surface area (Å²) in [4.78, 5) is 30.1. The number of aliphatic carboxylic acids is 1. The molecule has 238 valence electrons. The first kappa shape index (κ1) is 30.7. The number of amides is 1. The number of aryl methyl sites for hydroxylation is 1. The molecule has 1 aliphatic carbocycles. The van der Waals surface area contributed by atoms with Gasteiger partial charge in [0.1, 0.15) is 18.2 Å². The van der Waals surface area contributed by atoms with Crippen molar-refractivity contribution in [3.63, 3.8) is 0 Å². The Labute approximate surface area is 279 Å². The lowest BCUT2D eigenvalue weighted by molar-refractivity contribution is -0.139. The van der Waals surface area contributed by atoms with Crippen LogP contribution in [0.4, 0.5) is 4.79 Å². The molecule has 1 aromatic heterocycles. The van der Waals surface area contributed by atoms with Crippen LogP contribution in [0.5, 0.6) is 0 Å². The van der Waals surface area contributed by atoms with E-state index in [0.29, 0.717) is 6.42 Å². The second-order valence-corrected chi connectivity index (χ2v) is 12.0. The maximum Gasteiger partial charge on any atom is 0.407 e. The van der Waals surface area contributed by atoms with Gasteiger partial charge in [-0.15, -0.1) is 0 Å². The molecule has 7 heteroatoms. The molecule has 0 bridgehead atoms. The highest BCUT2D eigenvalue weighted by Crippen LogP contribution is 2.45. The molecular weight excluding hydrogens is 598 g/mol. The Bertz CT molecular complexity index is 1880. The number of carboxylic acid groups (broad SMARTS) is 1. The largest absolute Gasteiger partial charge is 0.480 e. The Balaban J connectivity index is 1.13. The highest BCUT2D eigenvalue weighted by Gasteiger charge is 2.39. The number of aromatic nitrogens is 2. The number of alkyl carbamates (subject to hydrolysis) is 1. The van der Waals surface area contributed by atoms with Gasteiger partial charge in [0, 0.05) is 17.8 Å². The minimum atomic E-state index is -1.16. The maximum absolute atomic E-state index is 13.1. The highest BCUT2D eigenvalue weighted by atomic mass is 16.5. The molecular formula is C41H35N3O4. The molecule has 1 aliphatic rings. The Morgan fingerprint density at radius 1 is 0.729 bits per heavy atom. The maximum atomic E-state index is 13.1. The average Bonchev–Trinajstić information content (AvgIpc) is 3.73. The van der Waals surface area contributed by atoms with Crippen molar-refractivity contribution < 1.29 is 19.4 Å². The molecule has 0 spiro atoms. The number of nitrogens with zero attached hydrogens (tertiary/aromatic N) is 2. The summed E-state index contributed by atoms with van der Waals surface area (Å²) in [6, 6.07) is 45.7. The summed E-state index contributed by atoms with van der Waals surface area (Å²) < 4.78 is 7.80. The fourth-order valence-electron chi connectivity index (χ4n) is 7.10. The number of benzene rings is 5. The number of rotatable bonds is 11. The SMILES string of the molecule is O=C(N[C@H](CCc1cncn1C(c1ccccc1)(c1ccccc1)c1ccccc1)C(=O)O)OCC1c2ccccc2-c2ccccc21. The first-order valence-electron chi connectivity index (χ1n) is 16.1. The van der Waals surface area contributed by atoms with Crippen molar-refractivity contribution in [1.82, 2.24) is 14.9 Å². The standard InChI is InChI=1S/C41H35N3O4/c45-39(46)38(43-40(47)48-27-37-35-22-12-10-20-33(35)34-21-11-13-23-36(34)37)25-24-32-26-42-28-44(32)41(29-14-4-1-5-15-29,30-16-6-2-7-17-30)31-18-8-3-9-19-31/h1-23,26,28,37-38H,24-25,27H2,(H,43,47)(H,45,46)/t38-/m1/s1. The number of fused-ring (bicyclic) bond motifs is 3. The van der Waals surface area contributed by atoms with Crippen LogP contribution in [0.2, 0.25) is 0 Å². The highest BCUT2D eigenvalue weighted by molar-refractivity contribution is 5.81. The monoisotopic (exact) mass is 633 g/mol. The van der Waals surface area contributed by atoms with Gasteiger partial charge < -0.3 is 19.7 Å². The Kier molecular flexibility index (Phi) is 8.58. The second-order valence-electron chi connectivity index (χ2n) is 12.0. The van der Waals surface area contributed by atoms with Gasteiger partial charge in [-0.1, -0.05) is 140 Å². The van der Waals surface area contributed by atoms with Gasteiger partial charge in [0.05, 0.1) is 6.33 Å². The van der Waals surface area contributed by atoms with Gasteiger partial charge in [-0.3, -0.25) is 0 Å². The molecule has 2 N–H and O–H groups in total. The fraction of sp³-hybridized carbons (Fsp3) is 0.146. The van der Waals surface area contributed by atoms with Crippen molar-refractivity contribution in [2.45, 2.75) is 30.3 Å². The number of hydrogen-bond acceptors (Lipinski definition) is 4. The molecule has 1 atom stereocenters. The predicted molar refractivity (Wildman–Crippen MR) is 185 cm³/mol. The van der Waals surface area contributed by atoms with Crippen LogP contribution in [-0.2, 0) is 21.5 Å². The topological polar surface area (TPSA) is 93.5 Å². The minimum Gasteiger partial charge on any atom is -0.480 e. The Morgan fingerprint density at radius 3 is 1.71 bits per heavy atom. The van der Waals surface area contributed by atoms with Gasteiger partial charge in [-0.05, 0) is 51.8 Å². The van der Waals surface area contributed by atoms with Crippen LogP contribution in [0, 0.1) is 0 Å². The molecule has 7 nitrogen and oxygen atoms in total. The van der Waals surface area contributed by atoms with E-state index in [1.165, 1.54) is 0 Å². The molecule has 0 saturated heterocycles. The molecule has 0 saturated carbocycles. The van der Waals surface area contributed by atoms with Crippen molar-refractivity contribution >= 4 is 12.1 Å². The summed E-state index contributed by atoms with van der Waals surface area (Å²) in [7, 11) is 0. The fourth-order valence-corrected chi connectivity index (χ4v) is 7.10. The number of nitrogens with one attached hydrogen (secondary N) is 1. The van der Waals surface area contributed by atoms with E-state index >= 15 is 0 Å². The summed E-state index contributed by atoms with van der Waals surface area (Å²) in [5.41, 5.74) is 7.58. The third kappa shape index (κ3) is 5.64. The van der Waals surface area contributed by atoms with Gasteiger partial charge in [0.15, 0.2) is 0 Å². The lowest BCUT2D eigenvalue weighted by Crippen LogP contribution is -2.42. The molecule has 48 heavy (non-hydrogen) atoms. The van der Waals surface area contributed by atoms with Crippen LogP contribution < -0.4 is 5.32 Å². The van der Waals surface area contributed by atoms with Crippen LogP contribution in [-0.4, -0.2) is 39.4 Å². The Morgan fingerprint density at radius 2 is 1.21 bits per heavy atom. The number of hydrogen-bond donors (Lipinski definition) is 2. The quantitative estimate of drug-likeness (QED) is 0.143. The van der Waals surface area contributed by atoms with E-state index < -0.39 is 23.6 Å². The molecule has 7 rings (SSSR count). The van der Waals surface area contributed by atoms with Gasteiger partial charge in [-0.2, -0.15) is 0 Å². The summed E-state index contributed by atoms with van der Waals surface area (Å²) >= 11 is 0. The lowest BCUT2D eigenvalue weighted by atomic mass is 9.76. The van der Waals surface area contributed by atoms with E-state index in [0.717, 1.165) is 44.6 Å². The van der Waals surface area contributed by atoms with E-state index in [4.69, 9.17) is 4.74 Å². The van der Waals surface area contributed by atoms with Crippen LogP contribution >= 0.6 is 0 Å². The van der Waals surface area contributed by atoms with Crippen LogP contribution in [0.3, 0.4) is 0 Å². The zero-order valence-corrected chi connectivity index (χ0v) is 26.3. The van der Waals surface area contributed by atoms with E-state index in [-0.39, 0.29) is 18.9 Å². The van der Waals surface area contributed by atoms with Crippen LogP contribution in [0.1, 0.15) is 45.8 Å². The lowest BCUT2D eigenvalue weighted by Gasteiger charge is -2.38. The first-order chi connectivity index (χ1) is 23.6. The van der Waals surface area contributed by atoms with E-state index in [1.54, 1.807) is 12.5 Å². The zero-order valence-electron chi connectivity index (χ0n) is 26.3. The minimum absolute atomic E-state index is 0.104. The number of carbonyl (C=O) groups excluding carboxylic acids is 1. The third-order valence-electron chi connectivity index (χ3n) is 9.27. The molecule has 0 aliphatic heterocycles. The smallest absolute Gasteiger partial charge is 0.407 e. The first-order valence-corrected chi connectivity index (χ1v) is 16.1. The third-order valence-corrected chi connectivity index (χ3v) is 9.27. The summed E-state index contributed by atoms with van der Waals surface area (Å²) in [6.45, 7) is 0.104. The zero-order chi connectivity index (χ0) is 32.9. The second kappa shape index (κ2) is 13.4. The van der Waals surface area contributed by atoms with Crippen molar-refractivity contribution in [2.75, 3.05) is 6.61 Å². The van der Waals surface area contributed by atoms with Crippen molar-refractivity contribution in [2.24, 2.45) is 0 Å². The van der Waals surface area contributed by atoms with E-state index in [1.807, 2.05) is 91.0 Å². The van der Waals surface area contributed by atoms with Crippen molar-refractivity contribution in [3.05, 3.63) is 186 Å². The summed E-state index contributed by atoms with van der Waals surface area (Å²) in [6.07, 6.45) is 3.30. The molecule has 0 radical (unpaired) electrons. The molecule has 5 aromatic carbocycles. The summed E-state index contributed by atoms with van der Waals surface area (Å²) in [5, 5.41) is 12.8. The number of ether oxygens (including phenoxy) is 1. The molecule has 0 fully saturated rings. The molecule has 1 heterocycles. The number of carbonyl (C=O) groups is 2. The number of imidazole rings is 1. The van der Waals surface area contributed by atoms with E-state index in [9.17, 15) is 14.7 Å². The van der Waals surface area contributed by atoms with Gasteiger partial charge in [-0.25, -0.2) is 14.6 Å². The summed E-state index contributed by atoms with van der Waals surface area (Å²) in [5.74, 6) is -1.25. The Hall–Kier alpha value is -5.95. The van der Waals surface area contributed by atoms with Gasteiger partial charge in [0.2, 0.25) is 0 Å². The molecule has 1 amide bonds. The van der Waals surface area contributed by atoms with Crippen molar-refractivity contribution in [3.8, 4) is 11.1 Å². The average molecular weight is 634 g/mol. The van der Waals surface area contributed by atoms with E-state index in [2.05, 4.69) is 63.4 Å². The molecule has 0 unspecified atom stereocenters. The van der Waals surface area contributed by atoms with Crippen molar-refractivity contribution in [1.29, 1.82) is 0 Å². The number of carboxylic acids is 1. The van der Waals surface area contributed by atoms with Crippen LogP contribution in [0.15, 0.2) is 152 Å². The van der Waals surface area contributed by atoms with Gasteiger partial charge in [0.25, 0.3) is 0 Å². The normalized spacial score (nSPS) is 12.9. The predicted octanol–water partition coefficient (Wildman–Crippen LogP) is 7.65. The van der Waals surface area contributed by atoms with Gasteiger partial charge >= 0.3 is 12.1 Å². The van der Waals surface area contributed by atoms with Crippen LogP contribution in [0.25, 0.3) is 11.1 Å². The molecule has 6 aromatic rings.